The molecule has 2 heterocycles. The number of hydrogen-bond acceptors (Lipinski definition) is 5. The molecule has 0 unspecified atom stereocenters. The number of aliphatic carboxylic acids is 1. The fourth-order valence-electron chi connectivity index (χ4n) is 1.50. The lowest BCUT2D eigenvalue weighted by atomic mass is 10.4. The van der Waals surface area contributed by atoms with Crippen LogP contribution in [0.15, 0.2) is 17.8 Å². The van der Waals surface area contributed by atoms with Crippen molar-refractivity contribution in [3.8, 4) is 0 Å². The summed E-state index contributed by atoms with van der Waals surface area (Å²) >= 11 is 1.53. The predicted octanol–water partition coefficient (Wildman–Crippen LogP) is 1.60. The van der Waals surface area contributed by atoms with Gasteiger partial charge in [-0.05, 0) is 18.4 Å². The Labute approximate surface area is 96.4 Å². The minimum absolute atomic E-state index is 0.0412. The van der Waals surface area contributed by atoms with Crippen LogP contribution in [0.25, 0.3) is 10.2 Å². The molecular weight excluding hydrogens is 226 g/mol. The van der Waals surface area contributed by atoms with Crippen LogP contribution in [0, 0.1) is 0 Å². The van der Waals surface area contributed by atoms with Gasteiger partial charge in [0.25, 0.3) is 0 Å². The van der Waals surface area contributed by atoms with E-state index in [1.807, 2.05) is 18.4 Å². The number of fused-ring (bicyclic) bond motifs is 1. The highest BCUT2D eigenvalue weighted by atomic mass is 32.1. The fourth-order valence-corrected chi connectivity index (χ4v) is 2.36. The van der Waals surface area contributed by atoms with Crippen molar-refractivity contribution in [1.82, 2.24) is 9.97 Å². The average molecular weight is 237 g/mol. The maximum atomic E-state index is 10.7. The lowest BCUT2D eigenvalue weighted by Gasteiger charge is -2.19. The molecule has 0 spiro atoms. The van der Waals surface area contributed by atoms with Gasteiger partial charge in [0.1, 0.15) is 12.9 Å². The van der Waals surface area contributed by atoms with Crippen molar-refractivity contribution in [2.75, 3.05) is 18.0 Å². The smallest absolute Gasteiger partial charge is 0.323 e. The first-order valence-electron chi connectivity index (χ1n) is 4.87. The Balaban J connectivity index is 2.43. The van der Waals surface area contributed by atoms with E-state index in [2.05, 4.69) is 9.97 Å². The molecule has 0 aliphatic carbocycles. The monoisotopic (exact) mass is 237 g/mol. The molecule has 1 N–H and O–H groups in total. The van der Waals surface area contributed by atoms with Gasteiger partial charge in [-0.1, -0.05) is 0 Å². The van der Waals surface area contributed by atoms with E-state index >= 15 is 0 Å². The Morgan fingerprint density at radius 1 is 1.56 bits per heavy atom. The standard InChI is InChI=1S/C10H11N3O2S/c1-2-13(5-8(14)15)10-9-7(3-4-16-9)11-6-12-10/h3-4,6H,2,5H2,1H3,(H,14,15). The number of anilines is 1. The second-order valence-corrected chi connectivity index (χ2v) is 4.16. The lowest BCUT2D eigenvalue weighted by molar-refractivity contribution is -0.135. The molecule has 0 aromatic carbocycles. The number of thiophene rings is 1. The Morgan fingerprint density at radius 2 is 2.38 bits per heavy atom. The molecule has 0 aliphatic rings. The molecule has 0 saturated carbocycles. The topological polar surface area (TPSA) is 66.3 Å². The SMILES string of the molecule is CCN(CC(=O)O)c1ncnc2ccsc12. The third-order valence-corrected chi connectivity index (χ3v) is 3.13. The molecule has 2 aromatic heterocycles. The molecule has 0 amide bonds. The number of carboxylic acid groups (broad SMARTS) is 1. The molecule has 0 radical (unpaired) electrons. The maximum Gasteiger partial charge on any atom is 0.323 e. The summed E-state index contributed by atoms with van der Waals surface area (Å²) in [5, 5.41) is 10.7. The van der Waals surface area contributed by atoms with Crippen LogP contribution in [-0.2, 0) is 4.79 Å². The molecule has 2 aromatic rings. The van der Waals surface area contributed by atoms with Crippen molar-refractivity contribution >= 4 is 33.3 Å². The minimum Gasteiger partial charge on any atom is -0.480 e. The number of nitrogens with zero attached hydrogens (tertiary/aromatic N) is 3. The van der Waals surface area contributed by atoms with E-state index in [0.29, 0.717) is 12.4 Å². The van der Waals surface area contributed by atoms with Crippen molar-refractivity contribution in [2.45, 2.75) is 6.92 Å². The van der Waals surface area contributed by atoms with E-state index in [1.165, 1.54) is 17.7 Å². The van der Waals surface area contributed by atoms with Crippen molar-refractivity contribution in [3.63, 3.8) is 0 Å². The van der Waals surface area contributed by atoms with Gasteiger partial charge in [0, 0.05) is 6.54 Å². The zero-order valence-electron chi connectivity index (χ0n) is 8.75. The van der Waals surface area contributed by atoms with Crippen LogP contribution in [0.4, 0.5) is 5.82 Å². The van der Waals surface area contributed by atoms with Gasteiger partial charge in [-0.25, -0.2) is 9.97 Å². The largest absolute Gasteiger partial charge is 0.480 e. The van der Waals surface area contributed by atoms with Gasteiger partial charge in [-0.3, -0.25) is 4.79 Å². The van der Waals surface area contributed by atoms with Gasteiger partial charge >= 0.3 is 5.97 Å². The van der Waals surface area contributed by atoms with E-state index in [4.69, 9.17) is 5.11 Å². The third kappa shape index (κ3) is 1.96. The van der Waals surface area contributed by atoms with Gasteiger partial charge in [0.05, 0.1) is 10.2 Å². The van der Waals surface area contributed by atoms with E-state index < -0.39 is 5.97 Å². The zero-order chi connectivity index (χ0) is 11.5. The summed E-state index contributed by atoms with van der Waals surface area (Å²) < 4.78 is 0.936. The van der Waals surface area contributed by atoms with Crippen LogP contribution in [-0.4, -0.2) is 34.1 Å². The first-order valence-corrected chi connectivity index (χ1v) is 5.75. The molecule has 0 saturated heterocycles. The molecule has 0 aliphatic heterocycles. The molecule has 0 bridgehead atoms. The van der Waals surface area contributed by atoms with E-state index in [9.17, 15) is 4.79 Å². The maximum absolute atomic E-state index is 10.7. The number of hydrogen-bond donors (Lipinski definition) is 1. The first-order chi connectivity index (χ1) is 7.72. The third-order valence-electron chi connectivity index (χ3n) is 2.23. The number of likely N-dealkylation sites (N-methyl/N-ethyl adjacent to an activating group) is 1. The van der Waals surface area contributed by atoms with Crippen molar-refractivity contribution < 1.29 is 9.90 Å². The Bertz CT molecular complexity index is 511. The highest BCUT2D eigenvalue weighted by Crippen LogP contribution is 2.27. The Kier molecular flexibility index (Phi) is 3.00. The molecule has 16 heavy (non-hydrogen) atoms. The van der Waals surface area contributed by atoms with Crippen LogP contribution in [0.1, 0.15) is 6.92 Å². The average Bonchev–Trinajstić information content (AvgIpc) is 2.73. The number of rotatable bonds is 4. The van der Waals surface area contributed by atoms with Gasteiger partial charge < -0.3 is 10.0 Å². The van der Waals surface area contributed by atoms with Gasteiger partial charge in [-0.2, -0.15) is 0 Å². The van der Waals surface area contributed by atoms with E-state index in [0.717, 1.165) is 10.2 Å². The van der Waals surface area contributed by atoms with Crippen molar-refractivity contribution in [1.29, 1.82) is 0 Å². The Hall–Kier alpha value is -1.69. The highest BCUT2D eigenvalue weighted by Gasteiger charge is 2.14. The minimum atomic E-state index is -0.856. The van der Waals surface area contributed by atoms with Crippen LogP contribution in [0.2, 0.25) is 0 Å². The van der Waals surface area contributed by atoms with E-state index in [-0.39, 0.29) is 6.54 Å². The summed E-state index contributed by atoms with van der Waals surface area (Å²) in [5.41, 5.74) is 0.860. The summed E-state index contributed by atoms with van der Waals surface area (Å²) in [6.45, 7) is 2.47. The van der Waals surface area contributed by atoms with Gasteiger partial charge in [0.15, 0.2) is 5.82 Å². The second kappa shape index (κ2) is 4.44. The first kappa shape index (κ1) is 10.8. The summed E-state index contributed by atoms with van der Waals surface area (Å²) in [6.07, 6.45) is 1.47. The van der Waals surface area contributed by atoms with Crippen LogP contribution in [0.3, 0.4) is 0 Å². The quantitative estimate of drug-likeness (QED) is 0.875. The summed E-state index contributed by atoms with van der Waals surface area (Å²) in [4.78, 5) is 20.7. The Morgan fingerprint density at radius 3 is 3.06 bits per heavy atom. The zero-order valence-corrected chi connectivity index (χ0v) is 9.57. The number of carbonyl (C=O) groups is 1. The van der Waals surface area contributed by atoms with Crippen LogP contribution < -0.4 is 4.90 Å². The van der Waals surface area contributed by atoms with Crippen LogP contribution in [0.5, 0.6) is 0 Å². The normalized spacial score (nSPS) is 10.6. The molecule has 2 rings (SSSR count). The molecule has 5 nitrogen and oxygen atoms in total. The molecule has 84 valence electrons. The summed E-state index contributed by atoms with van der Waals surface area (Å²) in [5.74, 6) is -0.157. The second-order valence-electron chi connectivity index (χ2n) is 3.24. The van der Waals surface area contributed by atoms with Gasteiger partial charge in [-0.15, -0.1) is 11.3 Å². The predicted molar refractivity (Wildman–Crippen MR) is 62.9 cm³/mol. The highest BCUT2D eigenvalue weighted by molar-refractivity contribution is 7.17. The molecular formula is C10H11N3O2S. The van der Waals surface area contributed by atoms with Gasteiger partial charge in [0.2, 0.25) is 0 Å². The fraction of sp³-hybridized carbons (Fsp3) is 0.300. The molecule has 6 heteroatoms. The molecule has 0 atom stereocenters. The van der Waals surface area contributed by atoms with E-state index in [1.54, 1.807) is 4.90 Å². The summed E-state index contributed by atoms with van der Waals surface area (Å²) in [7, 11) is 0. The molecule has 0 fully saturated rings. The number of aromatic nitrogens is 2. The van der Waals surface area contributed by atoms with Crippen molar-refractivity contribution in [3.05, 3.63) is 17.8 Å². The number of carboxylic acids is 1. The lowest BCUT2D eigenvalue weighted by Crippen LogP contribution is -2.30. The van der Waals surface area contributed by atoms with Crippen molar-refractivity contribution in [2.24, 2.45) is 0 Å². The summed E-state index contributed by atoms with van der Waals surface area (Å²) in [6, 6.07) is 1.90. The van der Waals surface area contributed by atoms with Crippen LogP contribution >= 0.6 is 11.3 Å².